The van der Waals surface area contributed by atoms with E-state index < -0.39 is 0 Å². The van der Waals surface area contributed by atoms with Crippen LogP contribution in [0.5, 0.6) is 5.75 Å². The molecule has 0 heterocycles. The predicted molar refractivity (Wildman–Crippen MR) is 46.4 cm³/mol. The third-order valence-electron chi connectivity index (χ3n) is 1.54. The van der Waals surface area contributed by atoms with E-state index in [1.54, 1.807) is 13.3 Å². The molecule has 11 heavy (non-hydrogen) atoms. The summed E-state index contributed by atoms with van der Waals surface area (Å²) in [5.41, 5.74) is 1.65. The van der Waals surface area contributed by atoms with Gasteiger partial charge >= 0.3 is 0 Å². The van der Waals surface area contributed by atoms with Crippen molar-refractivity contribution < 1.29 is 5.11 Å². The van der Waals surface area contributed by atoms with Crippen LogP contribution in [0.15, 0.2) is 23.2 Å². The molecule has 0 aliphatic heterocycles. The van der Waals surface area contributed by atoms with Crippen molar-refractivity contribution in [1.29, 1.82) is 0 Å². The molecule has 1 N–H and O–H groups in total. The quantitative estimate of drug-likeness (QED) is 0.606. The van der Waals surface area contributed by atoms with Crippen LogP contribution in [0.3, 0.4) is 0 Å². The number of aryl methyl sites for hydroxylation is 1. The maximum atomic E-state index is 9.44. The number of aromatic hydroxyl groups is 1. The Hall–Kier alpha value is -1.31. The third-order valence-corrected chi connectivity index (χ3v) is 1.54. The second-order valence-electron chi connectivity index (χ2n) is 2.40. The molecule has 1 aromatic rings. The SMILES string of the molecule is CN=Cc1cccc(C)c1O. The molecule has 2 nitrogen and oxygen atoms in total. The van der Waals surface area contributed by atoms with Crippen molar-refractivity contribution in [3.8, 4) is 5.75 Å². The van der Waals surface area contributed by atoms with Gasteiger partial charge in [-0.05, 0) is 18.6 Å². The number of aliphatic imine (C=N–C) groups is 1. The van der Waals surface area contributed by atoms with Gasteiger partial charge in [0.15, 0.2) is 0 Å². The first-order chi connectivity index (χ1) is 5.25. The first-order valence-electron chi connectivity index (χ1n) is 3.46. The van der Waals surface area contributed by atoms with Crippen LogP contribution < -0.4 is 0 Å². The van der Waals surface area contributed by atoms with Crippen LogP contribution in [0.1, 0.15) is 11.1 Å². The van der Waals surface area contributed by atoms with Gasteiger partial charge in [0, 0.05) is 18.8 Å². The fourth-order valence-electron chi connectivity index (χ4n) is 0.925. The molecular formula is C9H11NO. The van der Waals surface area contributed by atoms with Gasteiger partial charge in [-0.2, -0.15) is 0 Å². The number of hydrogen-bond donors (Lipinski definition) is 1. The summed E-state index contributed by atoms with van der Waals surface area (Å²) in [4.78, 5) is 3.82. The average molecular weight is 149 g/mol. The van der Waals surface area contributed by atoms with Gasteiger partial charge in [-0.25, -0.2) is 0 Å². The number of benzene rings is 1. The van der Waals surface area contributed by atoms with Crippen LogP contribution in [-0.4, -0.2) is 18.4 Å². The molecule has 0 aromatic heterocycles. The fraction of sp³-hybridized carbons (Fsp3) is 0.222. The molecule has 0 unspecified atom stereocenters. The molecular weight excluding hydrogens is 138 g/mol. The Morgan fingerprint density at radius 2 is 2.18 bits per heavy atom. The Morgan fingerprint density at radius 1 is 1.45 bits per heavy atom. The molecule has 0 saturated heterocycles. The Bertz CT molecular complexity index is 279. The first-order valence-corrected chi connectivity index (χ1v) is 3.46. The van der Waals surface area contributed by atoms with Crippen LogP contribution in [0, 0.1) is 6.92 Å². The molecule has 0 saturated carbocycles. The molecule has 0 bridgehead atoms. The highest BCUT2D eigenvalue weighted by Gasteiger charge is 1.98. The smallest absolute Gasteiger partial charge is 0.127 e. The van der Waals surface area contributed by atoms with Crippen LogP contribution in [0.2, 0.25) is 0 Å². The molecule has 0 radical (unpaired) electrons. The number of hydrogen-bond acceptors (Lipinski definition) is 2. The van der Waals surface area contributed by atoms with E-state index in [1.165, 1.54) is 0 Å². The minimum atomic E-state index is 0.318. The van der Waals surface area contributed by atoms with E-state index >= 15 is 0 Å². The zero-order chi connectivity index (χ0) is 8.27. The molecule has 0 spiro atoms. The lowest BCUT2D eigenvalue weighted by atomic mass is 10.1. The van der Waals surface area contributed by atoms with Crippen molar-refractivity contribution in [3.63, 3.8) is 0 Å². The van der Waals surface area contributed by atoms with Crippen molar-refractivity contribution >= 4 is 6.21 Å². The monoisotopic (exact) mass is 149 g/mol. The number of phenols is 1. The highest BCUT2D eigenvalue weighted by Crippen LogP contribution is 2.19. The van der Waals surface area contributed by atoms with E-state index in [4.69, 9.17) is 0 Å². The van der Waals surface area contributed by atoms with E-state index in [0.717, 1.165) is 11.1 Å². The number of nitrogens with zero attached hydrogens (tertiary/aromatic N) is 1. The summed E-state index contributed by atoms with van der Waals surface area (Å²) in [7, 11) is 1.68. The van der Waals surface area contributed by atoms with Gasteiger partial charge in [0.2, 0.25) is 0 Å². The normalized spacial score (nSPS) is 10.7. The van der Waals surface area contributed by atoms with Gasteiger partial charge in [0.25, 0.3) is 0 Å². The molecule has 0 fully saturated rings. The molecule has 0 aliphatic rings. The zero-order valence-electron chi connectivity index (χ0n) is 6.70. The Labute approximate surface area is 66.2 Å². The summed E-state index contributed by atoms with van der Waals surface area (Å²) in [5.74, 6) is 0.318. The summed E-state index contributed by atoms with van der Waals surface area (Å²) in [6, 6.07) is 5.59. The highest BCUT2D eigenvalue weighted by molar-refractivity contribution is 5.83. The van der Waals surface area contributed by atoms with Crippen LogP contribution in [0.25, 0.3) is 0 Å². The van der Waals surface area contributed by atoms with Gasteiger partial charge in [-0.3, -0.25) is 4.99 Å². The number of para-hydroxylation sites is 1. The number of phenolic OH excluding ortho intramolecular Hbond substituents is 1. The molecule has 1 rings (SSSR count). The molecule has 0 atom stereocenters. The second-order valence-corrected chi connectivity index (χ2v) is 2.40. The van der Waals surface area contributed by atoms with Crippen molar-refractivity contribution in [2.45, 2.75) is 6.92 Å². The summed E-state index contributed by atoms with van der Waals surface area (Å²) in [6.07, 6.45) is 1.64. The molecule has 1 aromatic carbocycles. The van der Waals surface area contributed by atoms with Crippen molar-refractivity contribution in [3.05, 3.63) is 29.3 Å². The summed E-state index contributed by atoms with van der Waals surface area (Å²) in [6.45, 7) is 1.86. The maximum Gasteiger partial charge on any atom is 0.127 e. The summed E-state index contributed by atoms with van der Waals surface area (Å²) >= 11 is 0. The fourth-order valence-corrected chi connectivity index (χ4v) is 0.925. The van der Waals surface area contributed by atoms with Crippen molar-refractivity contribution in [2.75, 3.05) is 7.05 Å². The van der Waals surface area contributed by atoms with Crippen molar-refractivity contribution in [2.24, 2.45) is 4.99 Å². The zero-order valence-corrected chi connectivity index (χ0v) is 6.70. The van der Waals surface area contributed by atoms with Crippen LogP contribution in [0.4, 0.5) is 0 Å². The van der Waals surface area contributed by atoms with E-state index in [1.807, 2.05) is 25.1 Å². The molecule has 58 valence electrons. The Kier molecular flexibility index (Phi) is 2.26. The minimum absolute atomic E-state index is 0.318. The van der Waals surface area contributed by atoms with Gasteiger partial charge in [-0.15, -0.1) is 0 Å². The van der Waals surface area contributed by atoms with E-state index in [9.17, 15) is 5.11 Å². The van der Waals surface area contributed by atoms with E-state index in [2.05, 4.69) is 4.99 Å². The highest BCUT2D eigenvalue weighted by atomic mass is 16.3. The predicted octanol–water partition coefficient (Wildman–Crippen LogP) is 1.75. The minimum Gasteiger partial charge on any atom is -0.507 e. The lowest BCUT2D eigenvalue weighted by Gasteiger charge is -2.00. The average Bonchev–Trinajstić information content (AvgIpc) is 1.99. The molecule has 0 aliphatic carbocycles. The third kappa shape index (κ3) is 1.58. The maximum absolute atomic E-state index is 9.44. The van der Waals surface area contributed by atoms with Crippen LogP contribution >= 0.6 is 0 Å². The summed E-state index contributed by atoms with van der Waals surface area (Å²) < 4.78 is 0. The number of rotatable bonds is 1. The van der Waals surface area contributed by atoms with Gasteiger partial charge in [0.05, 0.1) is 0 Å². The lowest BCUT2D eigenvalue weighted by molar-refractivity contribution is 0.470. The van der Waals surface area contributed by atoms with E-state index in [-0.39, 0.29) is 0 Å². The second kappa shape index (κ2) is 3.19. The molecule has 0 amide bonds. The topological polar surface area (TPSA) is 32.6 Å². The summed E-state index contributed by atoms with van der Waals surface area (Å²) in [5, 5.41) is 9.44. The van der Waals surface area contributed by atoms with E-state index in [0.29, 0.717) is 5.75 Å². The molecule has 2 heteroatoms. The lowest BCUT2D eigenvalue weighted by Crippen LogP contribution is -1.84. The van der Waals surface area contributed by atoms with Gasteiger partial charge in [0.1, 0.15) is 5.75 Å². The van der Waals surface area contributed by atoms with Gasteiger partial charge < -0.3 is 5.11 Å². The Balaban J connectivity index is 3.16. The Morgan fingerprint density at radius 3 is 2.82 bits per heavy atom. The van der Waals surface area contributed by atoms with Crippen LogP contribution in [-0.2, 0) is 0 Å². The largest absolute Gasteiger partial charge is 0.507 e. The standard InChI is InChI=1S/C9H11NO/c1-7-4-3-5-8(6-10-2)9(7)11/h3-6,11H,1-2H3. The van der Waals surface area contributed by atoms with Gasteiger partial charge in [-0.1, -0.05) is 12.1 Å². The van der Waals surface area contributed by atoms with Crippen molar-refractivity contribution in [1.82, 2.24) is 0 Å². The first kappa shape index (κ1) is 7.79.